The van der Waals surface area contributed by atoms with Gasteiger partial charge in [-0.3, -0.25) is 20.4 Å². The minimum absolute atomic E-state index is 0.0274. The number of carbonyl (C=O) groups is 2. The van der Waals surface area contributed by atoms with Crippen molar-refractivity contribution in [1.82, 2.24) is 0 Å². The first-order valence-corrected chi connectivity index (χ1v) is 8.50. The Labute approximate surface area is 154 Å². The molecule has 0 bridgehead atoms. The number of aryl methyl sites for hydroxylation is 1. The monoisotopic (exact) mass is 379 g/mol. The van der Waals surface area contributed by atoms with Crippen LogP contribution < -0.4 is 15.9 Å². The molecular weight excluding hydrogens is 361 g/mol. The largest absolute Gasteiger partial charge is 0.492 e. The van der Waals surface area contributed by atoms with Crippen LogP contribution >= 0.6 is 11.8 Å². The molecule has 0 aliphatic carbocycles. The number of nitrogens with two attached hydrogens (primary N) is 1. The maximum atomic E-state index is 11.7. The molecule has 0 saturated carbocycles. The molecule has 0 radical (unpaired) electrons. The Balaban J connectivity index is 2.17. The lowest BCUT2D eigenvalue weighted by Gasteiger charge is -2.14. The van der Waals surface area contributed by atoms with Crippen molar-refractivity contribution in [3.63, 3.8) is 0 Å². The summed E-state index contributed by atoms with van der Waals surface area (Å²) in [4.78, 5) is 22.5. The lowest BCUT2D eigenvalue weighted by Crippen LogP contribution is -2.28. The minimum Gasteiger partial charge on any atom is -0.466 e. The molecule has 9 nitrogen and oxygen atoms in total. The van der Waals surface area contributed by atoms with Gasteiger partial charge in [-0.15, -0.1) is 0 Å². The van der Waals surface area contributed by atoms with Crippen molar-refractivity contribution in [2.24, 2.45) is 5.73 Å². The molecule has 1 heterocycles. The summed E-state index contributed by atoms with van der Waals surface area (Å²) < 4.78 is 15.6. The third kappa shape index (κ3) is 4.62. The van der Waals surface area contributed by atoms with E-state index in [4.69, 9.17) is 30.7 Å². The number of thioether (sulfide) groups is 1. The van der Waals surface area contributed by atoms with Gasteiger partial charge in [0.1, 0.15) is 5.75 Å². The predicted molar refractivity (Wildman–Crippen MR) is 96.7 cm³/mol. The molecule has 138 valence electrons. The Hall–Kier alpha value is -2.37. The van der Waals surface area contributed by atoms with Crippen molar-refractivity contribution in [2.75, 3.05) is 6.61 Å². The topological polar surface area (TPSA) is 156 Å². The Morgan fingerprint density at radius 1 is 1.42 bits per heavy atom. The third-order valence-corrected chi connectivity index (χ3v) is 4.23. The smallest absolute Gasteiger partial charge is 0.466 e. The van der Waals surface area contributed by atoms with Crippen LogP contribution in [0.15, 0.2) is 12.1 Å². The van der Waals surface area contributed by atoms with E-state index in [9.17, 15) is 14.6 Å². The first kappa shape index (κ1) is 20.0. The molecule has 2 rings (SSSR count). The van der Waals surface area contributed by atoms with Crippen molar-refractivity contribution in [3.05, 3.63) is 23.3 Å². The van der Waals surface area contributed by atoms with Crippen LogP contribution in [0, 0.1) is 17.7 Å². The van der Waals surface area contributed by atoms with E-state index < -0.39 is 35.4 Å². The van der Waals surface area contributed by atoms with Crippen molar-refractivity contribution in [2.45, 2.75) is 26.4 Å². The number of hydrogen-bond donors (Lipinski definition) is 4. The quantitative estimate of drug-likeness (QED) is 0.252. The van der Waals surface area contributed by atoms with Crippen molar-refractivity contribution < 1.29 is 28.7 Å². The van der Waals surface area contributed by atoms with E-state index in [1.165, 1.54) is 6.07 Å². The fourth-order valence-electron chi connectivity index (χ4n) is 2.58. The summed E-state index contributed by atoms with van der Waals surface area (Å²) in [5.41, 5.74) is 6.74. The highest BCUT2D eigenvalue weighted by Gasteiger charge is 2.38. The average Bonchev–Trinajstić information content (AvgIpc) is 2.83. The Morgan fingerprint density at radius 3 is 2.73 bits per heavy atom. The van der Waals surface area contributed by atoms with Gasteiger partial charge < -0.3 is 24.9 Å². The summed E-state index contributed by atoms with van der Waals surface area (Å²) in [6.45, 7) is 3.72. The second kappa shape index (κ2) is 8.34. The van der Waals surface area contributed by atoms with Gasteiger partial charge in [-0.1, -0.05) is 0 Å². The number of primary amides is 1. The van der Waals surface area contributed by atoms with Gasteiger partial charge in [0, 0.05) is 0 Å². The fraction of sp³-hybridized carbons (Fsp3) is 0.333. The summed E-state index contributed by atoms with van der Waals surface area (Å²) in [5.74, 6) is -1.16. The molecular formula is C15H18BN3O6S. The lowest BCUT2D eigenvalue weighted by atomic mass is 9.77. The normalized spacial score (nSPS) is 15.3. The first-order valence-electron chi connectivity index (χ1n) is 7.69. The van der Waals surface area contributed by atoms with Crippen LogP contribution in [0.3, 0.4) is 0 Å². The van der Waals surface area contributed by atoms with E-state index in [0.717, 1.165) is 0 Å². The number of nitrogens with one attached hydrogen (secondary N) is 2. The van der Waals surface area contributed by atoms with E-state index in [-0.39, 0.29) is 18.8 Å². The Morgan fingerprint density at radius 2 is 2.12 bits per heavy atom. The van der Waals surface area contributed by atoms with E-state index in [1.807, 2.05) is 0 Å². The van der Waals surface area contributed by atoms with E-state index in [0.29, 0.717) is 28.4 Å². The van der Waals surface area contributed by atoms with Crippen LogP contribution in [0.4, 0.5) is 0 Å². The summed E-state index contributed by atoms with van der Waals surface area (Å²) in [5, 5.41) is 24.2. The molecule has 1 atom stereocenters. The maximum absolute atomic E-state index is 11.7. The first-order chi connectivity index (χ1) is 12.2. The number of hydrogen-bond acceptors (Lipinski definition) is 9. The van der Waals surface area contributed by atoms with Gasteiger partial charge in [-0.25, -0.2) is 0 Å². The zero-order chi connectivity index (χ0) is 19.4. The molecule has 11 heteroatoms. The van der Waals surface area contributed by atoms with E-state index >= 15 is 0 Å². The van der Waals surface area contributed by atoms with Gasteiger partial charge in [0.15, 0.2) is 5.04 Å². The summed E-state index contributed by atoms with van der Waals surface area (Å²) in [7, 11) is -1.24. The van der Waals surface area contributed by atoms with Crippen molar-refractivity contribution in [1.29, 1.82) is 10.8 Å². The number of esters is 1. The van der Waals surface area contributed by atoms with Crippen molar-refractivity contribution in [3.8, 4) is 5.75 Å². The zero-order valence-electron chi connectivity index (χ0n) is 14.2. The van der Waals surface area contributed by atoms with E-state index in [2.05, 4.69) is 0 Å². The standard InChI is InChI=1S/C15H18BN3O6S/c1-3-23-11(20)6-10-12-7(2)4-8(5-9(12)16(22)25-10)24-15(19)26-14(18)13(17)21/h4-5,10,18-19,22H,3,6H2,1-2H3,(H2,17,21). The van der Waals surface area contributed by atoms with Crippen LogP contribution in [0.5, 0.6) is 5.75 Å². The van der Waals surface area contributed by atoms with Gasteiger partial charge in [-0.2, -0.15) is 0 Å². The number of amides is 1. The summed E-state index contributed by atoms with van der Waals surface area (Å²) in [6.07, 6.45) is -0.662. The summed E-state index contributed by atoms with van der Waals surface area (Å²) >= 11 is 0.472. The van der Waals surface area contributed by atoms with Crippen molar-refractivity contribution >= 4 is 46.5 Å². The minimum atomic E-state index is -1.24. The molecule has 1 amide bonds. The van der Waals surface area contributed by atoms with Gasteiger partial charge in [0.2, 0.25) is 0 Å². The molecule has 0 saturated heterocycles. The van der Waals surface area contributed by atoms with Gasteiger partial charge >= 0.3 is 13.1 Å². The zero-order valence-corrected chi connectivity index (χ0v) is 15.0. The summed E-state index contributed by atoms with van der Waals surface area (Å²) in [6, 6.07) is 3.10. The SMILES string of the molecule is CCOC(=O)CC1OB(O)c2cc(OC(=N)SC(=N)C(N)=O)cc(C)c21. The number of rotatable bonds is 4. The molecule has 1 aliphatic rings. The van der Waals surface area contributed by atoms with Crippen LogP contribution in [-0.4, -0.2) is 40.9 Å². The van der Waals surface area contributed by atoms with Gasteiger partial charge in [-0.05, 0) is 54.3 Å². The van der Waals surface area contributed by atoms with Gasteiger partial charge in [0.25, 0.3) is 11.1 Å². The molecule has 0 aromatic heterocycles. The average molecular weight is 379 g/mol. The van der Waals surface area contributed by atoms with Crippen LogP contribution in [0.1, 0.15) is 30.6 Å². The second-order valence-corrected chi connectivity index (χ2v) is 6.40. The lowest BCUT2D eigenvalue weighted by molar-refractivity contribution is -0.145. The number of ether oxygens (including phenoxy) is 2. The molecule has 5 N–H and O–H groups in total. The molecule has 1 aromatic carbocycles. The predicted octanol–water partition coefficient (Wildman–Crippen LogP) is 0.216. The van der Waals surface area contributed by atoms with Crippen LogP contribution in [-0.2, 0) is 19.0 Å². The maximum Gasteiger partial charge on any atom is 0.492 e. The highest BCUT2D eigenvalue weighted by molar-refractivity contribution is 8.27. The number of benzene rings is 1. The van der Waals surface area contributed by atoms with E-state index in [1.54, 1.807) is 19.9 Å². The van der Waals surface area contributed by atoms with Gasteiger partial charge in [0.05, 0.1) is 19.1 Å². The number of carbonyl (C=O) groups excluding carboxylic acids is 2. The Kier molecular flexibility index (Phi) is 6.40. The second-order valence-electron chi connectivity index (χ2n) is 5.41. The Bertz CT molecular complexity index is 772. The molecule has 0 fully saturated rings. The highest BCUT2D eigenvalue weighted by atomic mass is 32.2. The highest BCUT2D eigenvalue weighted by Crippen LogP contribution is 2.32. The fourth-order valence-corrected chi connectivity index (χ4v) is 3.01. The molecule has 26 heavy (non-hydrogen) atoms. The third-order valence-electron chi connectivity index (χ3n) is 3.56. The molecule has 1 aliphatic heterocycles. The van der Waals surface area contributed by atoms with Crippen LogP contribution in [0.2, 0.25) is 0 Å². The number of fused-ring (bicyclic) bond motifs is 1. The molecule has 1 unspecified atom stereocenters. The molecule has 1 aromatic rings. The van der Waals surface area contributed by atoms with Crippen LogP contribution in [0.25, 0.3) is 0 Å². The molecule has 0 spiro atoms.